The monoisotopic (exact) mass is 270 g/mol. The molecule has 1 heterocycles. The summed E-state index contributed by atoms with van der Waals surface area (Å²) in [4.78, 5) is 4.03. The largest absolute Gasteiger partial charge is 0.388 e. The van der Waals surface area contributed by atoms with E-state index in [4.69, 9.17) is 0 Å². The Morgan fingerprint density at radius 3 is 2.58 bits per heavy atom. The third kappa shape index (κ3) is 2.78. The normalized spacial score (nSPS) is 12.7. The number of benzene rings is 1. The van der Waals surface area contributed by atoms with Gasteiger partial charge in [0, 0.05) is 37.0 Å². The first kappa shape index (κ1) is 13.6. The summed E-state index contributed by atoms with van der Waals surface area (Å²) in [5, 5.41) is 9.93. The molecule has 19 heavy (non-hydrogen) atoms. The first-order valence-electron chi connectivity index (χ1n) is 5.85. The second kappa shape index (κ2) is 5.44. The van der Waals surface area contributed by atoms with Crippen LogP contribution in [-0.4, -0.2) is 14.7 Å². The molecule has 1 unspecified atom stereocenters. The van der Waals surface area contributed by atoms with Crippen molar-refractivity contribution in [3.8, 4) is 0 Å². The fourth-order valence-corrected chi connectivity index (χ4v) is 1.89. The SMILES string of the molecule is CCn1ccnc1CC(O)c1cc(F)c(F)cc1F. The highest BCUT2D eigenvalue weighted by atomic mass is 19.2. The fourth-order valence-electron chi connectivity index (χ4n) is 1.89. The summed E-state index contributed by atoms with van der Waals surface area (Å²) < 4.78 is 41.2. The van der Waals surface area contributed by atoms with Crippen LogP contribution in [0.2, 0.25) is 0 Å². The molecule has 2 rings (SSSR count). The summed E-state index contributed by atoms with van der Waals surface area (Å²) in [6, 6.07) is 1.11. The van der Waals surface area contributed by atoms with Crippen molar-refractivity contribution < 1.29 is 18.3 Å². The molecule has 102 valence electrons. The van der Waals surface area contributed by atoms with Gasteiger partial charge in [-0.25, -0.2) is 18.2 Å². The number of aromatic nitrogens is 2. The number of hydrogen-bond acceptors (Lipinski definition) is 2. The Hall–Kier alpha value is -1.82. The molecular formula is C13H13F3N2O. The van der Waals surface area contributed by atoms with E-state index in [1.807, 2.05) is 6.92 Å². The molecule has 0 saturated carbocycles. The summed E-state index contributed by atoms with van der Waals surface area (Å²) in [5.41, 5.74) is -0.274. The number of halogens is 3. The molecule has 0 amide bonds. The molecule has 0 aliphatic carbocycles. The molecule has 1 aromatic carbocycles. The molecule has 0 spiro atoms. The highest BCUT2D eigenvalue weighted by Crippen LogP contribution is 2.23. The zero-order chi connectivity index (χ0) is 14.0. The van der Waals surface area contributed by atoms with Gasteiger partial charge >= 0.3 is 0 Å². The predicted octanol–water partition coefficient (Wildman–Crippen LogP) is 2.60. The van der Waals surface area contributed by atoms with Gasteiger partial charge in [-0.1, -0.05) is 0 Å². The number of imidazole rings is 1. The number of nitrogens with zero attached hydrogens (tertiary/aromatic N) is 2. The van der Waals surface area contributed by atoms with Gasteiger partial charge in [-0.2, -0.15) is 0 Å². The van der Waals surface area contributed by atoms with Crippen molar-refractivity contribution in [2.75, 3.05) is 0 Å². The average Bonchev–Trinajstić information content (AvgIpc) is 2.80. The lowest BCUT2D eigenvalue weighted by Crippen LogP contribution is -2.10. The minimum absolute atomic E-state index is 0.0306. The van der Waals surface area contributed by atoms with Crippen molar-refractivity contribution in [1.82, 2.24) is 9.55 Å². The maximum atomic E-state index is 13.5. The van der Waals surface area contributed by atoms with E-state index in [0.29, 0.717) is 24.5 Å². The van der Waals surface area contributed by atoms with E-state index < -0.39 is 23.6 Å². The number of rotatable bonds is 4. The van der Waals surface area contributed by atoms with Crippen LogP contribution in [-0.2, 0) is 13.0 Å². The van der Waals surface area contributed by atoms with E-state index in [-0.39, 0.29) is 12.0 Å². The van der Waals surface area contributed by atoms with Crippen molar-refractivity contribution in [1.29, 1.82) is 0 Å². The molecule has 1 aromatic heterocycles. The average molecular weight is 270 g/mol. The number of hydrogen-bond donors (Lipinski definition) is 1. The summed E-state index contributed by atoms with van der Waals surface area (Å²) in [6.07, 6.45) is 2.04. The lowest BCUT2D eigenvalue weighted by atomic mass is 10.1. The van der Waals surface area contributed by atoms with Crippen LogP contribution in [0, 0.1) is 17.5 Å². The molecule has 3 nitrogen and oxygen atoms in total. The van der Waals surface area contributed by atoms with Gasteiger partial charge in [-0.05, 0) is 13.0 Å². The Bertz CT molecular complexity index is 583. The molecule has 0 aliphatic rings. The van der Waals surface area contributed by atoms with E-state index in [0.717, 1.165) is 0 Å². The van der Waals surface area contributed by atoms with Crippen LogP contribution in [0.1, 0.15) is 24.4 Å². The molecule has 2 aromatic rings. The molecular weight excluding hydrogens is 257 g/mol. The highest BCUT2D eigenvalue weighted by Gasteiger charge is 2.18. The molecule has 0 radical (unpaired) electrons. The third-order valence-corrected chi connectivity index (χ3v) is 2.92. The van der Waals surface area contributed by atoms with Crippen LogP contribution in [0.15, 0.2) is 24.5 Å². The Balaban J connectivity index is 2.25. The summed E-state index contributed by atoms with van der Waals surface area (Å²) in [7, 11) is 0. The predicted molar refractivity (Wildman–Crippen MR) is 62.9 cm³/mol. The van der Waals surface area contributed by atoms with Crippen LogP contribution in [0.5, 0.6) is 0 Å². The molecule has 1 N–H and O–H groups in total. The van der Waals surface area contributed by atoms with E-state index >= 15 is 0 Å². The van der Waals surface area contributed by atoms with E-state index in [2.05, 4.69) is 4.98 Å². The van der Waals surface area contributed by atoms with Gasteiger partial charge in [0.1, 0.15) is 11.6 Å². The zero-order valence-electron chi connectivity index (χ0n) is 10.3. The second-order valence-electron chi connectivity index (χ2n) is 4.14. The van der Waals surface area contributed by atoms with E-state index in [1.165, 1.54) is 0 Å². The van der Waals surface area contributed by atoms with Gasteiger partial charge in [0.25, 0.3) is 0 Å². The van der Waals surface area contributed by atoms with Crippen LogP contribution < -0.4 is 0 Å². The van der Waals surface area contributed by atoms with Crippen LogP contribution in [0.25, 0.3) is 0 Å². The van der Waals surface area contributed by atoms with Gasteiger partial charge in [0.15, 0.2) is 11.6 Å². The number of aliphatic hydroxyl groups is 1. The second-order valence-corrected chi connectivity index (χ2v) is 4.14. The molecule has 0 fully saturated rings. The van der Waals surface area contributed by atoms with Gasteiger partial charge in [-0.3, -0.25) is 0 Å². The standard InChI is InChI=1S/C13H13F3N2O/c1-2-18-4-3-17-13(18)7-12(19)8-5-10(15)11(16)6-9(8)14/h3-6,12,19H,2,7H2,1H3. The van der Waals surface area contributed by atoms with Crippen molar-refractivity contribution in [3.05, 3.63) is 53.4 Å². The molecule has 0 bridgehead atoms. The summed E-state index contributed by atoms with van der Waals surface area (Å²) >= 11 is 0. The fraction of sp³-hybridized carbons (Fsp3) is 0.308. The maximum Gasteiger partial charge on any atom is 0.161 e. The smallest absolute Gasteiger partial charge is 0.161 e. The summed E-state index contributed by atoms with van der Waals surface area (Å²) in [5.74, 6) is -2.88. The topological polar surface area (TPSA) is 38.0 Å². The van der Waals surface area contributed by atoms with Crippen molar-refractivity contribution in [2.45, 2.75) is 26.0 Å². The first-order chi connectivity index (χ1) is 9.02. The van der Waals surface area contributed by atoms with Gasteiger partial charge in [0.2, 0.25) is 0 Å². The van der Waals surface area contributed by atoms with Crippen LogP contribution >= 0.6 is 0 Å². The highest BCUT2D eigenvalue weighted by molar-refractivity contribution is 5.23. The van der Waals surface area contributed by atoms with Gasteiger partial charge in [0.05, 0.1) is 6.10 Å². The third-order valence-electron chi connectivity index (χ3n) is 2.92. The Morgan fingerprint density at radius 2 is 1.89 bits per heavy atom. The van der Waals surface area contributed by atoms with Gasteiger partial charge in [-0.15, -0.1) is 0 Å². The Morgan fingerprint density at radius 1 is 1.21 bits per heavy atom. The molecule has 1 atom stereocenters. The minimum atomic E-state index is -1.28. The van der Waals surface area contributed by atoms with Gasteiger partial charge < -0.3 is 9.67 Å². The zero-order valence-corrected chi connectivity index (χ0v) is 10.3. The minimum Gasteiger partial charge on any atom is -0.388 e. The molecule has 6 heteroatoms. The Labute approximate surface area is 108 Å². The van der Waals surface area contributed by atoms with Crippen LogP contribution in [0.3, 0.4) is 0 Å². The van der Waals surface area contributed by atoms with E-state index in [1.54, 1.807) is 17.0 Å². The quantitative estimate of drug-likeness (QED) is 0.867. The van der Waals surface area contributed by atoms with Crippen molar-refractivity contribution in [3.63, 3.8) is 0 Å². The van der Waals surface area contributed by atoms with E-state index in [9.17, 15) is 18.3 Å². The van der Waals surface area contributed by atoms with Crippen molar-refractivity contribution in [2.24, 2.45) is 0 Å². The number of aryl methyl sites for hydroxylation is 1. The first-order valence-corrected chi connectivity index (χ1v) is 5.85. The Kier molecular flexibility index (Phi) is 3.90. The van der Waals surface area contributed by atoms with Crippen LogP contribution in [0.4, 0.5) is 13.2 Å². The van der Waals surface area contributed by atoms with Crippen molar-refractivity contribution >= 4 is 0 Å². The lowest BCUT2D eigenvalue weighted by molar-refractivity contribution is 0.169. The maximum absolute atomic E-state index is 13.5. The summed E-state index contributed by atoms with van der Waals surface area (Å²) in [6.45, 7) is 2.55. The lowest BCUT2D eigenvalue weighted by Gasteiger charge is -2.13. The number of aliphatic hydroxyl groups excluding tert-OH is 1. The molecule has 0 saturated heterocycles. The molecule has 0 aliphatic heterocycles.